The quantitative estimate of drug-likeness (QED) is 0.0554. The Balaban J connectivity index is 0.000000136. The average molecular weight is 1560 g/mol. The molecule has 0 saturated carbocycles. The molecule has 0 nitrogen and oxygen atoms in total. The van der Waals surface area contributed by atoms with Crippen LogP contribution in [-0.4, -0.2) is 16.1 Å². The Kier molecular flexibility index (Phi) is 19.7. The van der Waals surface area contributed by atoms with Gasteiger partial charge in [-0.3, -0.25) is 11.8 Å². The molecule has 0 radical (unpaired) electrons. The Morgan fingerprint density at radius 3 is 0.727 bits per heavy atom. The topological polar surface area (TPSA) is 0 Å². The molecule has 88 heavy (non-hydrogen) atoms. The van der Waals surface area contributed by atoms with Crippen LogP contribution in [0.2, 0.25) is 0 Å². The first-order valence-electron chi connectivity index (χ1n) is 29.3. The Labute approximate surface area is 555 Å². The molecule has 13 aromatic carbocycles. The summed E-state index contributed by atoms with van der Waals surface area (Å²) in [7, 11) is -7.07. The van der Waals surface area contributed by atoms with Gasteiger partial charge in [-0.25, -0.2) is 0 Å². The van der Waals surface area contributed by atoms with Gasteiger partial charge in [0.1, 0.15) is 47.7 Å². The van der Waals surface area contributed by atoms with Crippen LogP contribution >= 0.6 is 15.8 Å². The zero-order valence-corrected chi connectivity index (χ0v) is 56.4. The Morgan fingerprint density at radius 1 is 0.227 bits per heavy atom. The second kappa shape index (κ2) is 28.3. The minimum Gasteiger partial charge on any atom is -0.366 e. The van der Waals surface area contributed by atoms with Crippen LogP contribution in [0.4, 0.5) is 0 Å². The first-order chi connectivity index (χ1) is 42.7. The van der Waals surface area contributed by atoms with Gasteiger partial charge in [-0.1, -0.05) is 301 Å². The fraction of sp³-hybridized carbons (Fsp3) is 0. The van der Waals surface area contributed by atoms with E-state index in [-0.39, 0.29) is 44.8 Å². The SMILES string of the molecule is [Au+].[Au+].[C-]#Cc1cccc2c1-c1ccccc1[Si]2(c1ccccc1)c1ccccc1.[C-]#Cc1cccc2c1-c1ccccc1[Si]2(c1ccccc1)c1ccccc1.c1ccc([PH+](c2ccccc2)c2ccccc2[PH+](c2ccccc2)c2ccccc2)cc1. The van der Waals surface area contributed by atoms with Crippen molar-refractivity contribution >= 4 is 105 Å². The number of rotatable bonds is 10. The summed E-state index contributed by atoms with van der Waals surface area (Å²) in [5, 5.41) is 19.8. The van der Waals surface area contributed by atoms with Crippen LogP contribution < -0.4 is 73.3 Å². The summed E-state index contributed by atoms with van der Waals surface area (Å²) in [6.45, 7) is 0. The number of fused-ring (bicyclic) bond motifs is 6. The van der Waals surface area contributed by atoms with Gasteiger partial charge in [-0.2, -0.15) is 0 Å². The van der Waals surface area contributed by atoms with Gasteiger partial charge in [0.15, 0.2) is 16.1 Å². The van der Waals surface area contributed by atoms with E-state index in [4.69, 9.17) is 12.8 Å². The van der Waals surface area contributed by atoms with Crippen molar-refractivity contribution in [1.29, 1.82) is 0 Å². The van der Waals surface area contributed by atoms with Crippen LogP contribution in [-0.2, 0) is 44.8 Å². The maximum atomic E-state index is 7.86. The van der Waals surface area contributed by atoms with Crippen molar-refractivity contribution in [2.45, 2.75) is 0 Å². The zero-order chi connectivity index (χ0) is 58.1. The molecule has 15 rings (SSSR count). The zero-order valence-electron chi connectivity index (χ0n) is 48.1. The summed E-state index contributed by atoms with van der Waals surface area (Å²) in [6.07, 6.45) is 15.7. The molecule has 0 aromatic heterocycles. The third kappa shape index (κ3) is 11.4. The molecular formula is C82H60Au2P2Si2+2. The number of hydrogen-bond donors (Lipinski definition) is 0. The average Bonchev–Trinajstić information content (AvgIpc) is 1.60. The van der Waals surface area contributed by atoms with Gasteiger partial charge in [-0.05, 0) is 103 Å². The third-order valence-corrected chi connectivity index (χ3v) is 32.5. The van der Waals surface area contributed by atoms with E-state index >= 15 is 0 Å². The van der Waals surface area contributed by atoms with Gasteiger partial charge in [0.2, 0.25) is 0 Å². The van der Waals surface area contributed by atoms with E-state index in [1.807, 2.05) is 12.1 Å². The third-order valence-electron chi connectivity index (χ3n) is 16.9. The molecular weight excluding hydrogens is 1500 g/mol. The van der Waals surface area contributed by atoms with Crippen LogP contribution in [0, 0.1) is 24.7 Å². The molecule has 0 amide bonds. The van der Waals surface area contributed by atoms with Crippen molar-refractivity contribution in [2.75, 3.05) is 0 Å². The van der Waals surface area contributed by atoms with E-state index in [1.165, 1.54) is 95.6 Å². The normalized spacial score (nSPS) is 12.3. The summed E-state index contributed by atoms with van der Waals surface area (Å²) in [4.78, 5) is 0. The van der Waals surface area contributed by atoms with Gasteiger partial charge in [-0.15, -0.1) is 23.3 Å². The minimum absolute atomic E-state index is 0. The fourth-order valence-corrected chi connectivity index (χ4v) is 29.9. The van der Waals surface area contributed by atoms with E-state index in [0.29, 0.717) is 0 Å². The molecule has 2 aliphatic rings. The van der Waals surface area contributed by atoms with E-state index in [9.17, 15) is 0 Å². The minimum atomic E-state index is -2.40. The maximum Gasteiger partial charge on any atom is 1.00 e. The van der Waals surface area contributed by atoms with Crippen molar-refractivity contribution in [2.24, 2.45) is 0 Å². The monoisotopic (exact) mass is 1560 g/mol. The van der Waals surface area contributed by atoms with Crippen LogP contribution in [0.3, 0.4) is 0 Å². The standard InChI is InChI=1S/C30H24P2.2C26H17Si.2Au/c1-5-15-25(16-6-1)31(26-17-7-2-8-18-26)29-23-13-14-24-30(29)32(27-19-9-3-10-20-27)28-21-11-4-12-22-28;2*1-2-20-12-11-19-25-26(20)23-17-9-10-18-24(23)27(25,21-13-5-3-6-14-21)22-15-7-4-8-16-22;;/h1-24H;2*3-19H;;/q;2*-1;2*+1/p+2. The summed E-state index contributed by atoms with van der Waals surface area (Å²) in [5.74, 6) is 5.36. The van der Waals surface area contributed by atoms with Gasteiger partial charge in [0, 0.05) is 0 Å². The first kappa shape index (κ1) is 61.4. The van der Waals surface area contributed by atoms with Crippen molar-refractivity contribution in [3.05, 3.63) is 376 Å². The summed E-state index contributed by atoms with van der Waals surface area (Å²) in [6, 6.07) is 127. The smallest absolute Gasteiger partial charge is 0.366 e. The Hall–Kier alpha value is -8.25. The fourth-order valence-electron chi connectivity index (χ4n) is 13.5. The van der Waals surface area contributed by atoms with E-state index in [1.54, 1.807) is 0 Å². The summed E-state index contributed by atoms with van der Waals surface area (Å²) >= 11 is 0. The molecule has 6 heteroatoms. The molecule has 0 aliphatic carbocycles. The second-order valence-corrected chi connectivity index (χ2v) is 33.9. The molecule has 0 atom stereocenters. The molecule has 426 valence electrons. The van der Waals surface area contributed by atoms with Crippen LogP contribution in [0.1, 0.15) is 11.1 Å². The molecule has 0 unspecified atom stereocenters. The van der Waals surface area contributed by atoms with Crippen LogP contribution in [0.5, 0.6) is 0 Å². The van der Waals surface area contributed by atoms with Crippen molar-refractivity contribution in [3.8, 4) is 34.1 Å². The van der Waals surface area contributed by atoms with Crippen molar-refractivity contribution in [3.63, 3.8) is 0 Å². The van der Waals surface area contributed by atoms with Crippen molar-refractivity contribution < 1.29 is 44.8 Å². The summed E-state index contributed by atoms with van der Waals surface area (Å²) in [5.41, 5.74) is 6.62. The van der Waals surface area contributed by atoms with E-state index < -0.39 is 32.0 Å². The molecule has 0 saturated heterocycles. The molecule has 2 aliphatic heterocycles. The first-order valence-corrected chi connectivity index (χ1v) is 36.3. The molecule has 0 spiro atoms. The van der Waals surface area contributed by atoms with Gasteiger partial charge in [0.25, 0.3) is 0 Å². The maximum absolute atomic E-state index is 7.86. The predicted octanol–water partition coefficient (Wildman–Crippen LogP) is 10.6. The molecule has 0 bridgehead atoms. The van der Waals surface area contributed by atoms with Crippen LogP contribution in [0.25, 0.3) is 22.3 Å². The molecule has 2 heterocycles. The molecule has 13 aromatic rings. The Morgan fingerprint density at radius 2 is 0.455 bits per heavy atom. The summed E-state index contributed by atoms with van der Waals surface area (Å²) < 4.78 is 0. The second-order valence-electron chi connectivity index (χ2n) is 21.5. The van der Waals surface area contributed by atoms with Gasteiger partial charge < -0.3 is 12.8 Å². The van der Waals surface area contributed by atoms with E-state index in [2.05, 4.69) is 352 Å². The predicted molar refractivity (Wildman–Crippen MR) is 377 cm³/mol. The molecule has 0 fully saturated rings. The van der Waals surface area contributed by atoms with Crippen LogP contribution in [0.15, 0.2) is 352 Å². The largest absolute Gasteiger partial charge is 1.00 e. The Bertz CT molecular complexity index is 4090. The van der Waals surface area contributed by atoms with Gasteiger partial charge >= 0.3 is 44.8 Å². The van der Waals surface area contributed by atoms with E-state index in [0.717, 1.165) is 11.1 Å². The molecule has 0 N–H and O–H groups in total. The van der Waals surface area contributed by atoms with Crippen molar-refractivity contribution in [1.82, 2.24) is 0 Å². The number of benzene rings is 13. The number of hydrogen-bond acceptors (Lipinski definition) is 0. The van der Waals surface area contributed by atoms with Gasteiger partial charge in [0.05, 0.1) is 0 Å².